The zero-order chi connectivity index (χ0) is 13.7. The van der Waals surface area contributed by atoms with Crippen LogP contribution in [0.4, 0.5) is 13.2 Å². The summed E-state index contributed by atoms with van der Waals surface area (Å²) in [6.45, 7) is 1.54. The van der Waals surface area contributed by atoms with Gasteiger partial charge in [0.15, 0.2) is 0 Å². The lowest BCUT2D eigenvalue weighted by Gasteiger charge is -2.26. The summed E-state index contributed by atoms with van der Waals surface area (Å²) in [4.78, 5) is 0. The fourth-order valence-corrected chi connectivity index (χ4v) is 2.60. The maximum absolute atomic E-state index is 11.9. The highest BCUT2D eigenvalue weighted by Crippen LogP contribution is 2.29. The van der Waals surface area contributed by atoms with Crippen LogP contribution < -0.4 is 5.32 Å². The molecule has 1 N–H and O–H groups in total. The van der Waals surface area contributed by atoms with Gasteiger partial charge in [-0.1, -0.05) is 24.3 Å². The van der Waals surface area contributed by atoms with Crippen molar-refractivity contribution >= 4 is 11.8 Å². The van der Waals surface area contributed by atoms with Crippen molar-refractivity contribution in [2.75, 3.05) is 25.4 Å². The van der Waals surface area contributed by atoms with Crippen LogP contribution in [0, 0.1) is 0 Å². The summed E-state index contributed by atoms with van der Waals surface area (Å²) in [6, 6.07) is 8.05. The number of halogens is 3. The SMILES string of the molecule is FC(F)(F)SCCNCC1OCCc2ccccc21. The average molecular weight is 291 g/mol. The Bertz CT molecular complexity index is 411. The molecule has 1 aromatic rings. The molecule has 1 heterocycles. The summed E-state index contributed by atoms with van der Waals surface area (Å²) in [6.07, 6.45) is 0.845. The first-order valence-corrected chi connectivity index (χ1v) is 7.15. The Labute approximate surface area is 114 Å². The molecule has 0 bridgehead atoms. The summed E-state index contributed by atoms with van der Waals surface area (Å²) in [7, 11) is 0. The van der Waals surface area contributed by atoms with E-state index in [1.165, 1.54) is 5.56 Å². The summed E-state index contributed by atoms with van der Waals surface area (Å²) < 4.78 is 41.5. The van der Waals surface area contributed by atoms with Gasteiger partial charge in [-0.05, 0) is 29.3 Å². The second kappa shape index (κ2) is 6.63. The molecule has 0 aromatic heterocycles. The molecule has 1 aromatic carbocycles. The van der Waals surface area contributed by atoms with E-state index in [1.807, 2.05) is 18.2 Å². The Morgan fingerprint density at radius 1 is 1.32 bits per heavy atom. The molecule has 1 aliphatic rings. The van der Waals surface area contributed by atoms with Crippen molar-refractivity contribution in [2.24, 2.45) is 0 Å². The lowest BCUT2D eigenvalue weighted by atomic mass is 9.98. The number of fused-ring (bicyclic) bond motifs is 1. The lowest BCUT2D eigenvalue weighted by Crippen LogP contribution is -2.29. The molecule has 2 nitrogen and oxygen atoms in total. The topological polar surface area (TPSA) is 21.3 Å². The van der Waals surface area contributed by atoms with Crippen molar-refractivity contribution in [3.63, 3.8) is 0 Å². The fourth-order valence-electron chi connectivity index (χ4n) is 2.12. The van der Waals surface area contributed by atoms with Gasteiger partial charge in [0.05, 0.1) is 12.7 Å². The van der Waals surface area contributed by atoms with Gasteiger partial charge in [0.1, 0.15) is 0 Å². The van der Waals surface area contributed by atoms with Crippen molar-refractivity contribution in [1.29, 1.82) is 0 Å². The molecule has 19 heavy (non-hydrogen) atoms. The average Bonchev–Trinajstić information content (AvgIpc) is 2.37. The van der Waals surface area contributed by atoms with Crippen molar-refractivity contribution in [2.45, 2.75) is 18.0 Å². The minimum atomic E-state index is -4.14. The molecule has 1 unspecified atom stereocenters. The van der Waals surface area contributed by atoms with Crippen LogP contribution in [0.25, 0.3) is 0 Å². The van der Waals surface area contributed by atoms with E-state index in [9.17, 15) is 13.2 Å². The molecule has 6 heteroatoms. The molecule has 0 aliphatic carbocycles. The second-order valence-electron chi connectivity index (χ2n) is 4.31. The highest BCUT2D eigenvalue weighted by Gasteiger charge is 2.27. The van der Waals surface area contributed by atoms with Gasteiger partial charge >= 0.3 is 5.51 Å². The van der Waals surface area contributed by atoms with Crippen molar-refractivity contribution in [1.82, 2.24) is 5.32 Å². The van der Waals surface area contributed by atoms with Crippen LogP contribution in [0.3, 0.4) is 0 Å². The highest BCUT2D eigenvalue weighted by molar-refractivity contribution is 8.00. The first-order chi connectivity index (χ1) is 9.06. The molecule has 0 saturated heterocycles. The largest absolute Gasteiger partial charge is 0.441 e. The fraction of sp³-hybridized carbons (Fsp3) is 0.538. The van der Waals surface area contributed by atoms with Gasteiger partial charge in [0, 0.05) is 18.8 Å². The second-order valence-corrected chi connectivity index (χ2v) is 5.47. The molecule has 0 amide bonds. The maximum Gasteiger partial charge on any atom is 0.441 e. The molecule has 0 spiro atoms. The van der Waals surface area contributed by atoms with Gasteiger partial charge in [0.2, 0.25) is 0 Å². The third-order valence-corrected chi connectivity index (χ3v) is 3.70. The third-order valence-electron chi connectivity index (χ3n) is 2.97. The van der Waals surface area contributed by atoms with E-state index in [0.29, 0.717) is 19.7 Å². The van der Waals surface area contributed by atoms with Crippen LogP contribution in [0.2, 0.25) is 0 Å². The number of nitrogens with one attached hydrogen (secondary N) is 1. The Morgan fingerprint density at radius 3 is 2.89 bits per heavy atom. The molecule has 0 fully saturated rings. The predicted octanol–water partition coefficient (Wildman–Crippen LogP) is 3.14. The van der Waals surface area contributed by atoms with Crippen LogP contribution in [-0.4, -0.2) is 31.0 Å². The van der Waals surface area contributed by atoms with Crippen LogP contribution in [-0.2, 0) is 11.2 Å². The van der Waals surface area contributed by atoms with E-state index in [0.717, 1.165) is 12.0 Å². The normalized spacial score (nSPS) is 19.2. The molecule has 106 valence electrons. The quantitative estimate of drug-likeness (QED) is 0.842. The number of alkyl halides is 3. The van der Waals surface area contributed by atoms with Gasteiger partial charge in [-0.2, -0.15) is 13.2 Å². The number of benzene rings is 1. The van der Waals surface area contributed by atoms with Gasteiger partial charge in [0.25, 0.3) is 0 Å². The number of ether oxygens (including phenoxy) is 1. The van der Waals surface area contributed by atoms with Crippen molar-refractivity contribution in [3.05, 3.63) is 35.4 Å². The monoisotopic (exact) mass is 291 g/mol. The third kappa shape index (κ3) is 4.71. The Hall–Kier alpha value is -0.720. The van der Waals surface area contributed by atoms with E-state index in [4.69, 9.17) is 4.74 Å². The van der Waals surface area contributed by atoms with Crippen LogP contribution in [0.15, 0.2) is 24.3 Å². The first kappa shape index (κ1) is 14.7. The zero-order valence-electron chi connectivity index (χ0n) is 10.4. The summed E-state index contributed by atoms with van der Waals surface area (Å²) in [5.41, 5.74) is -1.73. The first-order valence-electron chi connectivity index (χ1n) is 6.17. The number of thioether (sulfide) groups is 1. The lowest BCUT2D eigenvalue weighted by molar-refractivity contribution is -0.0327. The van der Waals surface area contributed by atoms with Gasteiger partial charge < -0.3 is 10.1 Å². The van der Waals surface area contributed by atoms with Crippen LogP contribution in [0.5, 0.6) is 0 Å². The van der Waals surface area contributed by atoms with E-state index < -0.39 is 5.51 Å². The molecule has 0 radical (unpaired) electrons. The summed E-state index contributed by atoms with van der Waals surface area (Å²) in [5, 5.41) is 3.02. The van der Waals surface area contributed by atoms with Crippen LogP contribution >= 0.6 is 11.8 Å². The Kier molecular flexibility index (Phi) is 5.13. The molecule has 2 rings (SSSR count). The zero-order valence-corrected chi connectivity index (χ0v) is 11.2. The van der Waals surface area contributed by atoms with Gasteiger partial charge in [-0.25, -0.2) is 0 Å². The standard InChI is InChI=1S/C13H16F3NOS/c14-13(15,16)19-8-6-17-9-12-11-4-2-1-3-10(11)5-7-18-12/h1-4,12,17H,5-9H2. The van der Waals surface area contributed by atoms with E-state index >= 15 is 0 Å². The van der Waals surface area contributed by atoms with E-state index in [1.54, 1.807) is 0 Å². The van der Waals surface area contributed by atoms with Crippen LogP contribution in [0.1, 0.15) is 17.2 Å². The number of hydrogen-bond acceptors (Lipinski definition) is 3. The molecular formula is C13H16F3NOS. The molecule has 1 aliphatic heterocycles. The van der Waals surface area contributed by atoms with Crippen molar-refractivity contribution in [3.8, 4) is 0 Å². The predicted molar refractivity (Wildman–Crippen MR) is 70.2 cm³/mol. The number of rotatable bonds is 5. The summed E-state index contributed by atoms with van der Waals surface area (Å²) >= 11 is 0.00247. The van der Waals surface area contributed by atoms with Gasteiger partial charge in [-0.3, -0.25) is 0 Å². The smallest absolute Gasteiger partial charge is 0.372 e. The minimum absolute atomic E-state index is 0.00247. The molecule has 1 atom stereocenters. The molecular weight excluding hydrogens is 275 g/mol. The summed E-state index contributed by atoms with van der Waals surface area (Å²) in [5.74, 6) is 0.0257. The van der Waals surface area contributed by atoms with Crippen molar-refractivity contribution < 1.29 is 17.9 Å². The highest BCUT2D eigenvalue weighted by atomic mass is 32.2. The molecule has 0 saturated carbocycles. The Balaban J connectivity index is 1.75. The maximum atomic E-state index is 11.9. The van der Waals surface area contributed by atoms with E-state index in [-0.39, 0.29) is 23.6 Å². The minimum Gasteiger partial charge on any atom is -0.372 e. The number of hydrogen-bond donors (Lipinski definition) is 1. The van der Waals surface area contributed by atoms with Gasteiger partial charge in [-0.15, -0.1) is 0 Å². The van der Waals surface area contributed by atoms with E-state index in [2.05, 4.69) is 11.4 Å². The Morgan fingerprint density at radius 2 is 2.11 bits per heavy atom.